The molecule has 32 heavy (non-hydrogen) atoms. The van der Waals surface area contributed by atoms with Crippen LogP contribution in [0.4, 0.5) is 15.8 Å². The van der Waals surface area contributed by atoms with Crippen LogP contribution in [0.15, 0.2) is 42.5 Å². The van der Waals surface area contributed by atoms with Crippen LogP contribution >= 0.6 is 0 Å². The van der Waals surface area contributed by atoms with Gasteiger partial charge in [0.1, 0.15) is 11.9 Å². The summed E-state index contributed by atoms with van der Waals surface area (Å²) in [5, 5.41) is 2.84. The highest BCUT2D eigenvalue weighted by Crippen LogP contribution is 2.27. The topological polar surface area (TPSA) is 61.9 Å². The fourth-order valence-electron chi connectivity index (χ4n) is 4.36. The second-order valence-corrected chi connectivity index (χ2v) is 8.86. The molecule has 2 heterocycles. The molecule has 1 unspecified atom stereocenters. The third kappa shape index (κ3) is 4.93. The predicted octanol–water partition coefficient (Wildman–Crippen LogP) is 3.60. The number of ether oxygens (including phenoxy) is 1. The maximum atomic E-state index is 14.8. The van der Waals surface area contributed by atoms with Crippen molar-refractivity contribution in [1.82, 2.24) is 4.90 Å². The van der Waals surface area contributed by atoms with Gasteiger partial charge < -0.3 is 19.9 Å². The number of carbonyl (C=O) groups is 2. The number of carbonyl (C=O) groups excluding carboxylic acids is 2. The van der Waals surface area contributed by atoms with Crippen LogP contribution < -0.4 is 10.2 Å². The average molecular weight is 440 g/mol. The van der Waals surface area contributed by atoms with E-state index in [1.807, 2.05) is 43.0 Å². The van der Waals surface area contributed by atoms with E-state index in [4.69, 9.17) is 4.74 Å². The summed E-state index contributed by atoms with van der Waals surface area (Å²) < 4.78 is 20.1. The minimum Gasteiger partial charge on any atom is -0.378 e. The van der Waals surface area contributed by atoms with Crippen LogP contribution in [0.2, 0.25) is 0 Å². The minimum atomic E-state index is -0.627. The van der Waals surface area contributed by atoms with E-state index in [1.165, 1.54) is 6.07 Å². The number of amides is 2. The number of hydrogen-bond acceptors (Lipinski definition) is 4. The van der Waals surface area contributed by atoms with Crippen molar-refractivity contribution in [1.29, 1.82) is 0 Å². The molecule has 6 nitrogen and oxygen atoms in total. The second-order valence-electron chi connectivity index (χ2n) is 8.86. The van der Waals surface area contributed by atoms with Gasteiger partial charge >= 0.3 is 0 Å². The van der Waals surface area contributed by atoms with Gasteiger partial charge in [0.05, 0.1) is 18.9 Å². The molecule has 2 aliphatic rings. The highest BCUT2D eigenvalue weighted by atomic mass is 19.1. The number of morpholine rings is 1. The normalized spacial score (nSPS) is 18.4. The van der Waals surface area contributed by atoms with Crippen LogP contribution in [-0.4, -0.2) is 49.1 Å². The molecule has 170 valence electrons. The zero-order valence-corrected chi connectivity index (χ0v) is 18.6. The first kappa shape index (κ1) is 22.3. The first-order valence-electron chi connectivity index (χ1n) is 11.2. The fraction of sp³-hybridized carbons (Fsp3) is 0.440. The minimum absolute atomic E-state index is 0.0384. The van der Waals surface area contributed by atoms with Crippen molar-refractivity contribution in [2.45, 2.75) is 39.3 Å². The summed E-state index contributed by atoms with van der Waals surface area (Å²) in [5.74, 6) is -0.518. The van der Waals surface area contributed by atoms with Gasteiger partial charge in [0.15, 0.2) is 0 Å². The van der Waals surface area contributed by atoms with Crippen molar-refractivity contribution in [3.8, 4) is 0 Å². The van der Waals surface area contributed by atoms with E-state index >= 15 is 0 Å². The van der Waals surface area contributed by atoms with Gasteiger partial charge in [-0.2, -0.15) is 0 Å². The Kier molecular flexibility index (Phi) is 6.74. The number of benzene rings is 2. The fourth-order valence-corrected chi connectivity index (χ4v) is 4.36. The summed E-state index contributed by atoms with van der Waals surface area (Å²) in [7, 11) is 0. The zero-order valence-electron chi connectivity index (χ0n) is 18.6. The predicted molar refractivity (Wildman–Crippen MR) is 122 cm³/mol. The Morgan fingerprint density at radius 1 is 1.12 bits per heavy atom. The Bertz CT molecular complexity index is 988. The first-order chi connectivity index (χ1) is 15.4. The summed E-state index contributed by atoms with van der Waals surface area (Å²) in [6.07, 6.45) is 0.828. The molecule has 0 saturated carbocycles. The van der Waals surface area contributed by atoms with Gasteiger partial charge in [-0.05, 0) is 35.2 Å². The van der Waals surface area contributed by atoms with Crippen molar-refractivity contribution >= 4 is 23.2 Å². The third-order valence-corrected chi connectivity index (χ3v) is 6.02. The highest BCUT2D eigenvalue weighted by molar-refractivity contribution is 5.97. The van der Waals surface area contributed by atoms with Crippen LogP contribution in [-0.2, 0) is 27.3 Å². The summed E-state index contributed by atoms with van der Waals surface area (Å²) in [6.45, 7) is 6.80. The molecule has 0 aromatic heterocycles. The van der Waals surface area contributed by atoms with Gasteiger partial charge in [-0.3, -0.25) is 9.59 Å². The maximum Gasteiger partial charge on any atom is 0.247 e. The van der Waals surface area contributed by atoms with E-state index in [0.29, 0.717) is 57.1 Å². The van der Waals surface area contributed by atoms with Crippen LogP contribution in [0.5, 0.6) is 0 Å². The molecule has 0 spiro atoms. The molecule has 1 fully saturated rings. The van der Waals surface area contributed by atoms with Crippen molar-refractivity contribution in [3.63, 3.8) is 0 Å². The van der Waals surface area contributed by atoms with Gasteiger partial charge in [0, 0.05) is 38.2 Å². The van der Waals surface area contributed by atoms with E-state index in [9.17, 15) is 14.0 Å². The van der Waals surface area contributed by atoms with Crippen molar-refractivity contribution < 1.29 is 18.7 Å². The summed E-state index contributed by atoms with van der Waals surface area (Å²) in [5.41, 5.74) is 3.02. The highest BCUT2D eigenvalue weighted by Gasteiger charge is 2.34. The molecule has 2 amide bonds. The van der Waals surface area contributed by atoms with Crippen LogP contribution in [0, 0.1) is 11.7 Å². The second kappa shape index (κ2) is 9.69. The molecule has 1 N–H and O–H groups in total. The van der Waals surface area contributed by atoms with Crippen molar-refractivity contribution in [2.24, 2.45) is 5.92 Å². The molecule has 1 saturated heterocycles. The van der Waals surface area contributed by atoms with E-state index in [-0.39, 0.29) is 23.5 Å². The number of nitrogens with zero attached hydrogens (tertiary/aromatic N) is 2. The lowest BCUT2D eigenvalue weighted by atomic mass is 9.92. The number of fused-ring (bicyclic) bond motifs is 1. The van der Waals surface area contributed by atoms with Gasteiger partial charge in [-0.15, -0.1) is 0 Å². The standard InChI is InChI=1S/C25H30FN3O3/c1-17(2)13-24(30)29-16-19-6-4-3-5-18(19)14-23(29)25(31)27-20-7-8-22(21(26)15-20)28-9-11-32-12-10-28/h3-8,15,17,23H,9-14,16H2,1-2H3,(H,27,31). The number of halogens is 1. The Morgan fingerprint density at radius 3 is 2.53 bits per heavy atom. The molecular formula is C25H30FN3O3. The van der Waals surface area contributed by atoms with E-state index in [2.05, 4.69) is 5.32 Å². The van der Waals surface area contributed by atoms with Crippen molar-refractivity contribution in [2.75, 3.05) is 36.5 Å². The molecule has 4 rings (SSSR count). The SMILES string of the molecule is CC(C)CC(=O)N1Cc2ccccc2CC1C(=O)Nc1ccc(N2CCOCC2)c(F)c1. The summed E-state index contributed by atoms with van der Waals surface area (Å²) >= 11 is 0. The van der Waals surface area contributed by atoms with Crippen LogP contribution in [0.3, 0.4) is 0 Å². The average Bonchev–Trinajstić information content (AvgIpc) is 2.78. The lowest BCUT2D eigenvalue weighted by Crippen LogP contribution is -2.50. The Morgan fingerprint density at radius 2 is 1.84 bits per heavy atom. The number of anilines is 2. The molecule has 0 bridgehead atoms. The molecule has 0 aliphatic carbocycles. The number of nitrogens with one attached hydrogen (secondary N) is 1. The quantitative estimate of drug-likeness (QED) is 0.773. The Hall–Kier alpha value is -2.93. The van der Waals surface area contributed by atoms with Gasteiger partial charge in [-0.1, -0.05) is 38.1 Å². The van der Waals surface area contributed by atoms with E-state index in [1.54, 1.807) is 17.0 Å². The molecule has 2 aliphatic heterocycles. The number of hydrogen-bond donors (Lipinski definition) is 1. The first-order valence-corrected chi connectivity index (χ1v) is 11.2. The van der Waals surface area contributed by atoms with E-state index < -0.39 is 6.04 Å². The number of rotatable bonds is 5. The molecule has 2 aromatic carbocycles. The molecule has 1 atom stereocenters. The maximum absolute atomic E-state index is 14.8. The van der Waals surface area contributed by atoms with E-state index in [0.717, 1.165) is 11.1 Å². The largest absolute Gasteiger partial charge is 0.378 e. The van der Waals surface area contributed by atoms with Gasteiger partial charge in [0.2, 0.25) is 11.8 Å². The molecule has 7 heteroatoms. The lowest BCUT2D eigenvalue weighted by Gasteiger charge is -2.36. The lowest BCUT2D eigenvalue weighted by molar-refractivity contribution is -0.140. The Balaban J connectivity index is 1.52. The summed E-state index contributed by atoms with van der Waals surface area (Å²) in [6, 6.07) is 12.0. The van der Waals surface area contributed by atoms with Crippen LogP contribution in [0.25, 0.3) is 0 Å². The molecule has 2 aromatic rings. The Labute approximate surface area is 188 Å². The van der Waals surface area contributed by atoms with Gasteiger partial charge in [0.25, 0.3) is 0 Å². The monoisotopic (exact) mass is 439 g/mol. The zero-order chi connectivity index (χ0) is 22.7. The van der Waals surface area contributed by atoms with Crippen molar-refractivity contribution in [3.05, 3.63) is 59.4 Å². The van der Waals surface area contributed by atoms with Crippen LogP contribution in [0.1, 0.15) is 31.4 Å². The van der Waals surface area contributed by atoms with Gasteiger partial charge in [-0.25, -0.2) is 4.39 Å². The third-order valence-electron chi connectivity index (χ3n) is 6.02. The smallest absolute Gasteiger partial charge is 0.247 e. The molecule has 0 radical (unpaired) electrons. The summed E-state index contributed by atoms with van der Waals surface area (Å²) in [4.78, 5) is 29.8. The molecular weight excluding hydrogens is 409 g/mol.